The Morgan fingerprint density at radius 1 is 1.18 bits per heavy atom. The van der Waals surface area contributed by atoms with Gasteiger partial charge in [-0.2, -0.15) is 0 Å². The molecule has 0 spiro atoms. The lowest BCUT2D eigenvalue weighted by atomic mass is 10.3. The van der Waals surface area contributed by atoms with Gasteiger partial charge in [-0.3, -0.25) is 4.79 Å². The zero-order chi connectivity index (χ0) is 13.7. The third-order valence-electron chi connectivity index (χ3n) is 1.62. The van der Waals surface area contributed by atoms with E-state index in [9.17, 15) is 9.90 Å². The zero-order valence-electron chi connectivity index (χ0n) is 11.5. The molecule has 98 valence electrons. The first-order valence-electron chi connectivity index (χ1n) is 6.08. The first kappa shape index (κ1) is 18.4. The van der Waals surface area contributed by atoms with E-state index >= 15 is 0 Å². The Bertz CT molecular complexity index is 296. The summed E-state index contributed by atoms with van der Waals surface area (Å²) >= 11 is 1.04. The molecule has 1 rings (SSSR count). The van der Waals surface area contributed by atoms with Crippen molar-refractivity contribution in [3.63, 3.8) is 0 Å². The third kappa shape index (κ3) is 11.3. The molecule has 0 heterocycles. The maximum Gasteiger partial charge on any atom is 0.190 e. The fourth-order valence-corrected chi connectivity index (χ4v) is 1.33. The summed E-state index contributed by atoms with van der Waals surface area (Å²) in [4.78, 5) is 11.2. The van der Waals surface area contributed by atoms with E-state index in [0.717, 1.165) is 11.8 Å². The van der Waals surface area contributed by atoms with E-state index in [1.807, 2.05) is 13.8 Å². The van der Waals surface area contributed by atoms with E-state index in [2.05, 4.69) is 13.8 Å². The maximum absolute atomic E-state index is 10.6. The number of aromatic hydroxyl groups is 1. The minimum absolute atomic E-state index is 0.0218. The van der Waals surface area contributed by atoms with Crippen molar-refractivity contribution in [1.82, 2.24) is 0 Å². The van der Waals surface area contributed by atoms with Crippen molar-refractivity contribution in [2.24, 2.45) is 0 Å². The summed E-state index contributed by atoms with van der Waals surface area (Å²) in [7, 11) is 0. The van der Waals surface area contributed by atoms with E-state index in [4.69, 9.17) is 0 Å². The van der Waals surface area contributed by atoms with Gasteiger partial charge in [0.15, 0.2) is 5.12 Å². The minimum Gasteiger partial charge on any atom is -0.507 e. The molecule has 17 heavy (non-hydrogen) atoms. The highest BCUT2D eigenvalue weighted by Gasteiger charge is 2.01. The number of hydrogen-bond acceptors (Lipinski definition) is 3. The van der Waals surface area contributed by atoms with E-state index < -0.39 is 0 Å². The van der Waals surface area contributed by atoms with Gasteiger partial charge in [0, 0.05) is 6.92 Å². The summed E-state index contributed by atoms with van der Waals surface area (Å²) < 4.78 is 0. The predicted octanol–water partition coefficient (Wildman–Crippen LogP) is 4.86. The lowest BCUT2D eigenvalue weighted by Crippen LogP contribution is -1.80. The van der Waals surface area contributed by atoms with E-state index in [0.29, 0.717) is 4.90 Å². The number of para-hydroxylation sites is 1. The number of carbonyl (C=O) groups excluding carboxylic acids is 1. The molecule has 1 N–H and O–H groups in total. The highest BCUT2D eigenvalue weighted by Crippen LogP contribution is 2.27. The molecule has 0 radical (unpaired) electrons. The summed E-state index contributed by atoms with van der Waals surface area (Å²) in [6.45, 7) is 9.83. The molecule has 0 aliphatic heterocycles. The second-order valence-corrected chi connectivity index (χ2v) is 4.28. The molecule has 0 saturated heterocycles. The van der Waals surface area contributed by atoms with Crippen LogP contribution in [0.5, 0.6) is 5.75 Å². The number of rotatable bonds is 2. The van der Waals surface area contributed by atoms with Crippen molar-refractivity contribution in [2.45, 2.75) is 52.4 Å². The van der Waals surface area contributed by atoms with Crippen LogP contribution in [0.15, 0.2) is 29.2 Å². The summed E-state index contributed by atoms with van der Waals surface area (Å²) in [5.74, 6) is 0.160. The molecule has 0 aliphatic carbocycles. The molecule has 0 atom stereocenters. The van der Waals surface area contributed by atoms with Crippen molar-refractivity contribution < 1.29 is 9.90 Å². The molecule has 1 aromatic rings. The molecule has 1 aromatic carbocycles. The standard InChI is InChI=1S/C8H8O2S.C4H10.C2H6/c1-6(9)11-8-5-3-2-4-7(8)10;1-3-4-2;1-2/h2-5,10H,1H3;3-4H2,1-2H3;1-2H3. The maximum atomic E-state index is 10.6. The van der Waals surface area contributed by atoms with Gasteiger partial charge in [-0.1, -0.05) is 52.7 Å². The number of thioether (sulfide) groups is 1. The van der Waals surface area contributed by atoms with Gasteiger partial charge in [0.05, 0.1) is 4.90 Å². The number of unbranched alkanes of at least 4 members (excludes halogenated alkanes) is 1. The Kier molecular flexibility index (Phi) is 14.2. The van der Waals surface area contributed by atoms with Gasteiger partial charge in [0.1, 0.15) is 5.75 Å². The van der Waals surface area contributed by atoms with E-state index in [-0.39, 0.29) is 10.9 Å². The van der Waals surface area contributed by atoms with Crippen LogP contribution >= 0.6 is 11.8 Å². The first-order chi connectivity index (χ1) is 8.11. The largest absolute Gasteiger partial charge is 0.507 e. The Labute approximate surface area is 109 Å². The zero-order valence-corrected chi connectivity index (χ0v) is 12.3. The molecule has 0 fully saturated rings. The lowest BCUT2D eigenvalue weighted by molar-refractivity contribution is -0.109. The van der Waals surface area contributed by atoms with Crippen molar-refractivity contribution in [3.8, 4) is 5.75 Å². The van der Waals surface area contributed by atoms with Crippen LogP contribution in [0, 0.1) is 0 Å². The molecule has 2 nitrogen and oxygen atoms in total. The number of benzene rings is 1. The van der Waals surface area contributed by atoms with Crippen LogP contribution in [-0.4, -0.2) is 10.2 Å². The van der Waals surface area contributed by atoms with Crippen LogP contribution in [0.25, 0.3) is 0 Å². The van der Waals surface area contributed by atoms with E-state index in [1.54, 1.807) is 24.3 Å². The van der Waals surface area contributed by atoms with Crippen LogP contribution in [0.1, 0.15) is 47.5 Å². The van der Waals surface area contributed by atoms with Crippen LogP contribution in [0.4, 0.5) is 0 Å². The Balaban J connectivity index is 0. The molecule has 0 saturated carbocycles. The van der Waals surface area contributed by atoms with Gasteiger partial charge in [-0.15, -0.1) is 0 Å². The molecule has 0 amide bonds. The van der Waals surface area contributed by atoms with Crippen molar-refractivity contribution in [2.75, 3.05) is 0 Å². The quantitative estimate of drug-likeness (QED) is 0.767. The fraction of sp³-hybridized carbons (Fsp3) is 0.500. The Morgan fingerprint density at radius 3 is 2.00 bits per heavy atom. The molecule has 0 bridgehead atoms. The second kappa shape index (κ2) is 13.1. The number of hydrogen-bond donors (Lipinski definition) is 1. The fourth-order valence-electron chi connectivity index (χ4n) is 0.698. The molecular weight excluding hydrogens is 232 g/mol. The van der Waals surface area contributed by atoms with Gasteiger partial charge >= 0.3 is 0 Å². The smallest absolute Gasteiger partial charge is 0.190 e. The van der Waals surface area contributed by atoms with Crippen LogP contribution in [-0.2, 0) is 4.79 Å². The highest BCUT2D eigenvalue weighted by molar-refractivity contribution is 8.13. The Hall–Kier alpha value is -0.960. The van der Waals surface area contributed by atoms with Crippen LogP contribution in [0.3, 0.4) is 0 Å². The Morgan fingerprint density at radius 2 is 1.65 bits per heavy atom. The topological polar surface area (TPSA) is 37.3 Å². The summed E-state index contributed by atoms with van der Waals surface area (Å²) in [5.41, 5.74) is 0. The van der Waals surface area contributed by atoms with Gasteiger partial charge in [-0.05, 0) is 23.9 Å². The molecule has 0 aliphatic rings. The lowest BCUT2D eigenvalue weighted by Gasteiger charge is -1.98. The van der Waals surface area contributed by atoms with Crippen LogP contribution in [0.2, 0.25) is 0 Å². The molecular formula is C14H24O2S. The minimum atomic E-state index is -0.0218. The monoisotopic (exact) mass is 256 g/mol. The molecule has 3 heteroatoms. The first-order valence-corrected chi connectivity index (χ1v) is 6.89. The summed E-state index contributed by atoms with van der Waals surface area (Å²) in [6.07, 6.45) is 2.64. The number of phenols is 1. The number of phenolic OH excluding ortho intramolecular Hbond substituents is 1. The average molecular weight is 256 g/mol. The SMILES string of the molecule is CC.CC(=O)Sc1ccccc1O.CCCC. The van der Waals surface area contributed by atoms with Gasteiger partial charge < -0.3 is 5.11 Å². The highest BCUT2D eigenvalue weighted by atomic mass is 32.2. The van der Waals surface area contributed by atoms with Crippen molar-refractivity contribution in [1.29, 1.82) is 0 Å². The summed E-state index contributed by atoms with van der Waals surface area (Å²) in [5, 5.41) is 9.16. The number of carbonyl (C=O) groups is 1. The molecule has 0 unspecified atom stereocenters. The predicted molar refractivity (Wildman–Crippen MR) is 76.6 cm³/mol. The van der Waals surface area contributed by atoms with Gasteiger partial charge in [0.25, 0.3) is 0 Å². The van der Waals surface area contributed by atoms with Crippen molar-refractivity contribution >= 4 is 16.9 Å². The molecule has 0 aromatic heterocycles. The van der Waals surface area contributed by atoms with Crippen molar-refractivity contribution in [3.05, 3.63) is 24.3 Å². The van der Waals surface area contributed by atoms with Gasteiger partial charge in [0.2, 0.25) is 0 Å². The second-order valence-electron chi connectivity index (χ2n) is 3.06. The summed E-state index contributed by atoms with van der Waals surface area (Å²) in [6, 6.07) is 6.77. The third-order valence-corrected chi connectivity index (χ3v) is 2.47. The van der Waals surface area contributed by atoms with Gasteiger partial charge in [-0.25, -0.2) is 0 Å². The van der Waals surface area contributed by atoms with Crippen LogP contribution < -0.4 is 0 Å². The van der Waals surface area contributed by atoms with E-state index in [1.165, 1.54) is 19.8 Å². The average Bonchev–Trinajstić information content (AvgIpc) is 2.34. The normalized spacial score (nSPS) is 8.29.